The summed E-state index contributed by atoms with van der Waals surface area (Å²) in [5.74, 6) is 0. The smallest absolute Gasteiger partial charge is 0.445 e. The minimum Gasteiger partial charge on any atom is -0.445 e. The van der Waals surface area contributed by atoms with E-state index in [1.165, 1.54) is 12.1 Å². The SMILES string of the molecule is F[B-](F)(F)c1ccc(-c2ccc(I)cc2)cc1. The minimum absolute atomic E-state index is 0.556. The first-order chi connectivity index (χ1) is 7.97. The molecule has 2 aromatic rings. The fourth-order valence-corrected chi connectivity index (χ4v) is 1.90. The molecule has 0 aromatic heterocycles. The summed E-state index contributed by atoms with van der Waals surface area (Å²) in [6.45, 7) is -4.90. The molecule has 0 aliphatic carbocycles. The summed E-state index contributed by atoms with van der Waals surface area (Å²) in [4.78, 5) is 0. The highest BCUT2D eigenvalue weighted by atomic mass is 127. The van der Waals surface area contributed by atoms with Gasteiger partial charge in [-0.25, -0.2) is 0 Å². The maximum Gasteiger partial charge on any atom is 0.509 e. The normalized spacial score (nSPS) is 11.5. The second-order valence-electron chi connectivity index (χ2n) is 3.70. The van der Waals surface area contributed by atoms with E-state index in [0.29, 0.717) is 0 Å². The number of rotatable bonds is 2. The van der Waals surface area contributed by atoms with Crippen LogP contribution in [0.1, 0.15) is 0 Å². The summed E-state index contributed by atoms with van der Waals surface area (Å²) in [6.07, 6.45) is 0. The van der Waals surface area contributed by atoms with Crippen LogP contribution in [0.3, 0.4) is 0 Å². The highest BCUT2D eigenvalue weighted by molar-refractivity contribution is 14.1. The lowest BCUT2D eigenvalue weighted by Crippen LogP contribution is -2.33. The van der Waals surface area contributed by atoms with Crippen molar-refractivity contribution in [2.45, 2.75) is 0 Å². The van der Waals surface area contributed by atoms with Crippen molar-refractivity contribution in [3.63, 3.8) is 0 Å². The highest BCUT2D eigenvalue weighted by Crippen LogP contribution is 2.20. The standard InChI is InChI=1S/C12H8BF3I/c14-13(15,16)11-5-1-9(2-6-11)10-3-7-12(17)8-4-10/h1-8H/q-1. The Kier molecular flexibility index (Phi) is 3.46. The third-order valence-electron chi connectivity index (χ3n) is 2.47. The number of benzene rings is 2. The Labute approximate surface area is 111 Å². The summed E-state index contributed by atoms with van der Waals surface area (Å²) >= 11 is 2.19. The van der Waals surface area contributed by atoms with Gasteiger partial charge >= 0.3 is 6.98 Å². The van der Waals surface area contributed by atoms with Crippen molar-refractivity contribution >= 4 is 35.0 Å². The molecule has 88 valence electrons. The van der Waals surface area contributed by atoms with Crippen molar-refractivity contribution in [1.29, 1.82) is 0 Å². The lowest BCUT2D eigenvalue weighted by Gasteiger charge is -2.14. The molecule has 0 saturated carbocycles. The average Bonchev–Trinajstić information content (AvgIpc) is 2.29. The van der Waals surface area contributed by atoms with Gasteiger partial charge in [0.1, 0.15) is 0 Å². The van der Waals surface area contributed by atoms with Gasteiger partial charge in [-0.1, -0.05) is 36.4 Å². The zero-order valence-electron chi connectivity index (χ0n) is 8.71. The van der Waals surface area contributed by atoms with Crippen molar-refractivity contribution in [2.75, 3.05) is 0 Å². The van der Waals surface area contributed by atoms with Gasteiger partial charge in [0.05, 0.1) is 0 Å². The molecule has 0 radical (unpaired) electrons. The molecule has 0 unspecified atom stereocenters. The van der Waals surface area contributed by atoms with Gasteiger partial charge in [-0.15, -0.1) is 5.46 Å². The molecule has 0 nitrogen and oxygen atoms in total. The number of hydrogen-bond donors (Lipinski definition) is 0. The van der Waals surface area contributed by atoms with Gasteiger partial charge < -0.3 is 12.9 Å². The summed E-state index contributed by atoms with van der Waals surface area (Å²) < 4.78 is 38.4. The monoisotopic (exact) mass is 347 g/mol. The highest BCUT2D eigenvalue weighted by Gasteiger charge is 2.24. The summed E-state index contributed by atoms with van der Waals surface area (Å²) in [6, 6.07) is 12.9. The van der Waals surface area contributed by atoms with Crippen LogP contribution < -0.4 is 5.46 Å². The Balaban J connectivity index is 2.33. The summed E-state index contributed by atoms with van der Waals surface area (Å²) in [7, 11) is 0. The lowest BCUT2D eigenvalue weighted by molar-refractivity contribution is 0.501. The second kappa shape index (κ2) is 4.72. The Morgan fingerprint density at radius 1 is 0.706 bits per heavy atom. The van der Waals surface area contributed by atoms with E-state index in [9.17, 15) is 12.9 Å². The van der Waals surface area contributed by atoms with E-state index in [-0.39, 0.29) is 0 Å². The zero-order valence-corrected chi connectivity index (χ0v) is 10.9. The number of hydrogen-bond acceptors (Lipinski definition) is 0. The van der Waals surface area contributed by atoms with Gasteiger partial charge in [0.15, 0.2) is 0 Å². The lowest BCUT2D eigenvalue weighted by atomic mass is 9.79. The molecule has 0 bridgehead atoms. The molecule has 2 aromatic carbocycles. The van der Waals surface area contributed by atoms with E-state index in [2.05, 4.69) is 22.6 Å². The van der Waals surface area contributed by atoms with Crippen molar-refractivity contribution in [3.05, 3.63) is 52.1 Å². The second-order valence-corrected chi connectivity index (χ2v) is 4.95. The van der Waals surface area contributed by atoms with Crippen molar-refractivity contribution in [1.82, 2.24) is 0 Å². The molecule has 17 heavy (non-hydrogen) atoms. The van der Waals surface area contributed by atoms with Crippen LogP contribution in [0.15, 0.2) is 48.5 Å². The molecule has 0 amide bonds. The van der Waals surface area contributed by atoms with Crippen LogP contribution in [-0.4, -0.2) is 6.98 Å². The predicted octanol–water partition coefficient (Wildman–Crippen LogP) is 4.01. The fourth-order valence-electron chi connectivity index (χ4n) is 1.54. The number of halogens is 4. The van der Waals surface area contributed by atoms with Crippen LogP contribution in [0.5, 0.6) is 0 Å². The van der Waals surface area contributed by atoms with Gasteiger partial charge in [-0.2, -0.15) is 0 Å². The van der Waals surface area contributed by atoms with E-state index in [1.54, 1.807) is 0 Å². The summed E-state index contributed by atoms with van der Waals surface area (Å²) in [5, 5.41) is 0. The molecular weight excluding hydrogens is 339 g/mol. The molecule has 0 heterocycles. The molecule has 0 saturated heterocycles. The van der Waals surface area contributed by atoms with E-state index >= 15 is 0 Å². The fraction of sp³-hybridized carbons (Fsp3) is 0. The Morgan fingerprint density at radius 3 is 1.53 bits per heavy atom. The average molecular weight is 347 g/mol. The molecule has 0 spiro atoms. The predicted molar refractivity (Wildman–Crippen MR) is 73.3 cm³/mol. The van der Waals surface area contributed by atoms with Crippen LogP contribution in [0, 0.1) is 3.57 Å². The zero-order chi connectivity index (χ0) is 12.5. The Morgan fingerprint density at radius 2 is 1.12 bits per heavy atom. The first kappa shape index (κ1) is 12.5. The topological polar surface area (TPSA) is 0 Å². The maximum atomic E-state index is 12.4. The minimum atomic E-state index is -4.90. The van der Waals surface area contributed by atoms with Crippen LogP contribution in [0.2, 0.25) is 0 Å². The first-order valence-corrected chi connectivity index (χ1v) is 6.10. The molecule has 0 fully saturated rings. The molecule has 0 aliphatic rings. The molecule has 0 atom stereocenters. The van der Waals surface area contributed by atoms with Gasteiger partial charge in [-0.3, -0.25) is 0 Å². The van der Waals surface area contributed by atoms with Crippen molar-refractivity contribution < 1.29 is 12.9 Å². The molecular formula is C12H8BF3I-. The van der Waals surface area contributed by atoms with Gasteiger partial charge in [0.2, 0.25) is 0 Å². The van der Waals surface area contributed by atoms with Crippen LogP contribution in [0.25, 0.3) is 11.1 Å². The molecule has 5 heteroatoms. The third kappa shape index (κ3) is 3.03. The Hall–Kier alpha value is -0.975. The quantitative estimate of drug-likeness (QED) is 0.569. The van der Waals surface area contributed by atoms with E-state index < -0.39 is 12.4 Å². The van der Waals surface area contributed by atoms with Gasteiger partial charge in [-0.05, 0) is 45.9 Å². The maximum absolute atomic E-state index is 12.4. The summed E-state index contributed by atoms with van der Waals surface area (Å²) in [5.41, 5.74) is 1.16. The van der Waals surface area contributed by atoms with Gasteiger partial charge in [0, 0.05) is 3.57 Å². The van der Waals surface area contributed by atoms with Crippen molar-refractivity contribution in [2.24, 2.45) is 0 Å². The first-order valence-electron chi connectivity index (χ1n) is 5.03. The van der Waals surface area contributed by atoms with Gasteiger partial charge in [0.25, 0.3) is 0 Å². The van der Waals surface area contributed by atoms with Crippen LogP contribution >= 0.6 is 22.6 Å². The molecule has 0 N–H and O–H groups in total. The van der Waals surface area contributed by atoms with Crippen LogP contribution in [-0.2, 0) is 0 Å². The van der Waals surface area contributed by atoms with E-state index in [0.717, 1.165) is 26.8 Å². The van der Waals surface area contributed by atoms with Crippen molar-refractivity contribution in [3.8, 4) is 11.1 Å². The largest absolute Gasteiger partial charge is 0.509 e. The van der Waals surface area contributed by atoms with E-state index in [4.69, 9.17) is 0 Å². The third-order valence-corrected chi connectivity index (χ3v) is 3.19. The Bertz CT molecular complexity index is 503. The molecule has 0 aliphatic heterocycles. The molecule has 2 rings (SSSR count). The van der Waals surface area contributed by atoms with E-state index in [1.807, 2.05) is 24.3 Å². The van der Waals surface area contributed by atoms with Crippen LogP contribution in [0.4, 0.5) is 12.9 Å².